The molecule has 116 valence electrons. The summed E-state index contributed by atoms with van der Waals surface area (Å²) < 4.78 is 11.0. The van der Waals surface area contributed by atoms with Gasteiger partial charge in [0.05, 0.1) is 23.5 Å². The quantitative estimate of drug-likeness (QED) is 0.488. The molecule has 4 heteroatoms. The van der Waals surface area contributed by atoms with Gasteiger partial charge in [-0.1, -0.05) is 54.6 Å². The van der Waals surface area contributed by atoms with Gasteiger partial charge in [0.1, 0.15) is 12.5 Å². The second-order valence-electron chi connectivity index (χ2n) is 5.19. The van der Waals surface area contributed by atoms with Crippen LogP contribution in [0.1, 0.15) is 11.1 Å². The maximum Gasteiger partial charge on any atom is 0.227 e. The van der Waals surface area contributed by atoms with Gasteiger partial charge in [-0.2, -0.15) is 0 Å². The largest absolute Gasteiger partial charge is 0.445 e. The van der Waals surface area contributed by atoms with Crippen LogP contribution in [0, 0.1) is 0 Å². The number of oxazole rings is 2. The van der Waals surface area contributed by atoms with Crippen molar-refractivity contribution in [2.75, 3.05) is 0 Å². The third-order valence-corrected chi connectivity index (χ3v) is 3.66. The van der Waals surface area contributed by atoms with E-state index in [9.17, 15) is 0 Å². The van der Waals surface area contributed by atoms with Crippen molar-refractivity contribution in [3.63, 3.8) is 0 Å². The summed E-state index contributed by atoms with van der Waals surface area (Å²) >= 11 is 0. The van der Waals surface area contributed by atoms with Crippen molar-refractivity contribution in [1.82, 2.24) is 9.97 Å². The average Bonchev–Trinajstić information content (AvgIpc) is 3.34. The van der Waals surface area contributed by atoms with E-state index in [1.807, 2.05) is 42.5 Å². The minimum atomic E-state index is 0.538. The number of aromatic nitrogens is 2. The highest BCUT2D eigenvalue weighted by atomic mass is 16.3. The Morgan fingerprint density at radius 3 is 2.17 bits per heavy atom. The normalized spacial score (nSPS) is 11.2. The Hall–Kier alpha value is -3.40. The molecular weight excluding hydrogens is 300 g/mol. The Bertz CT molecular complexity index is 941. The van der Waals surface area contributed by atoms with Crippen LogP contribution in [0.25, 0.3) is 35.1 Å². The van der Waals surface area contributed by atoms with E-state index in [4.69, 9.17) is 8.83 Å². The monoisotopic (exact) mass is 314 g/mol. The van der Waals surface area contributed by atoms with Crippen LogP contribution in [-0.4, -0.2) is 9.97 Å². The second-order valence-corrected chi connectivity index (χ2v) is 5.19. The van der Waals surface area contributed by atoms with Crippen molar-refractivity contribution in [2.45, 2.75) is 0 Å². The molecule has 4 aromatic rings. The third kappa shape index (κ3) is 2.77. The number of hydrogen-bond donors (Lipinski definition) is 0. The maximum atomic E-state index is 5.54. The van der Waals surface area contributed by atoms with Gasteiger partial charge in [0, 0.05) is 0 Å². The molecule has 2 heterocycles. The van der Waals surface area contributed by atoms with Crippen LogP contribution < -0.4 is 0 Å². The molecule has 4 rings (SSSR count). The third-order valence-electron chi connectivity index (χ3n) is 3.66. The van der Waals surface area contributed by atoms with E-state index < -0.39 is 0 Å². The molecule has 24 heavy (non-hydrogen) atoms. The molecule has 0 fully saturated rings. The molecule has 0 radical (unpaired) electrons. The molecule has 2 aromatic heterocycles. The Balaban J connectivity index is 1.85. The van der Waals surface area contributed by atoms with Crippen molar-refractivity contribution < 1.29 is 8.83 Å². The van der Waals surface area contributed by atoms with Crippen LogP contribution in [0.4, 0.5) is 0 Å². The Kier molecular flexibility index (Phi) is 3.78. The first-order chi connectivity index (χ1) is 11.9. The van der Waals surface area contributed by atoms with Gasteiger partial charge >= 0.3 is 0 Å². The van der Waals surface area contributed by atoms with Crippen LogP contribution in [0.2, 0.25) is 0 Å². The summed E-state index contributed by atoms with van der Waals surface area (Å²) in [6, 6.07) is 16.1. The lowest BCUT2D eigenvalue weighted by molar-refractivity contribution is 0.567. The summed E-state index contributed by atoms with van der Waals surface area (Å²) in [5, 5.41) is 0. The summed E-state index contributed by atoms with van der Waals surface area (Å²) in [7, 11) is 0. The SMILES string of the molecule is C(=Cc1cccc(-c2ncco2)c1-c1ncco1)c1ccccc1. The molecular formula is C20H14N2O2. The van der Waals surface area contributed by atoms with Crippen molar-refractivity contribution in [1.29, 1.82) is 0 Å². The molecule has 0 saturated carbocycles. The molecule has 0 aliphatic carbocycles. The molecule has 0 N–H and O–H groups in total. The van der Waals surface area contributed by atoms with Gasteiger partial charge in [0.2, 0.25) is 11.8 Å². The molecule has 4 nitrogen and oxygen atoms in total. The standard InChI is InChI=1S/C20H14N2O2/c1-2-5-15(6-3-1)9-10-16-7-4-8-17(19-21-11-13-23-19)18(16)20-22-12-14-24-20/h1-14H. The molecule has 0 bridgehead atoms. The summed E-state index contributed by atoms with van der Waals surface area (Å²) in [5.74, 6) is 1.08. The Morgan fingerprint density at radius 2 is 1.46 bits per heavy atom. The van der Waals surface area contributed by atoms with E-state index in [0.717, 1.165) is 22.3 Å². The zero-order valence-corrected chi connectivity index (χ0v) is 12.8. The predicted molar refractivity (Wildman–Crippen MR) is 92.8 cm³/mol. The molecule has 0 saturated heterocycles. The minimum absolute atomic E-state index is 0.538. The van der Waals surface area contributed by atoms with Crippen LogP contribution in [0.5, 0.6) is 0 Å². The van der Waals surface area contributed by atoms with Gasteiger partial charge in [0.15, 0.2) is 0 Å². The highest BCUT2D eigenvalue weighted by Gasteiger charge is 2.17. The maximum absolute atomic E-state index is 5.54. The van der Waals surface area contributed by atoms with Gasteiger partial charge in [-0.05, 0) is 17.2 Å². The number of rotatable bonds is 4. The fraction of sp³-hybridized carbons (Fsp3) is 0. The number of hydrogen-bond acceptors (Lipinski definition) is 4. The van der Waals surface area contributed by atoms with E-state index in [1.165, 1.54) is 0 Å². The van der Waals surface area contributed by atoms with Crippen LogP contribution >= 0.6 is 0 Å². The first kappa shape index (κ1) is 14.2. The van der Waals surface area contributed by atoms with Crippen molar-refractivity contribution in [2.24, 2.45) is 0 Å². The highest BCUT2D eigenvalue weighted by Crippen LogP contribution is 2.34. The molecule has 0 atom stereocenters. The van der Waals surface area contributed by atoms with E-state index in [1.54, 1.807) is 24.9 Å². The zero-order chi connectivity index (χ0) is 16.2. The van der Waals surface area contributed by atoms with Crippen LogP contribution in [0.15, 0.2) is 82.3 Å². The zero-order valence-electron chi connectivity index (χ0n) is 12.8. The molecule has 2 aromatic carbocycles. The van der Waals surface area contributed by atoms with Crippen LogP contribution in [-0.2, 0) is 0 Å². The minimum Gasteiger partial charge on any atom is -0.445 e. The van der Waals surface area contributed by atoms with E-state index >= 15 is 0 Å². The van der Waals surface area contributed by atoms with Gasteiger partial charge in [0.25, 0.3) is 0 Å². The first-order valence-electron chi connectivity index (χ1n) is 7.58. The average molecular weight is 314 g/mol. The molecule has 0 aliphatic heterocycles. The van der Waals surface area contributed by atoms with Crippen LogP contribution in [0.3, 0.4) is 0 Å². The van der Waals surface area contributed by atoms with Crippen molar-refractivity contribution in [3.8, 4) is 22.9 Å². The van der Waals surface area contributed by atoms with E-state index in [2.05, 4.69) is 28.2 Å². The van der Waals surface area contributed by atoms with Crippen molar-refractivity contribution in [3.05, 3.63) is 84.6 Å². The molecule has 0 unspecified atom stereocenters. The van der Waals surface area contributed by atoms with Gasteiger partial charge < -0.3 is 8.83 Å². The summed E-state index contributed by atoms with van der Waals surface area (Å²) in [6.45, 7) is 0. The number of nitrogens with zero attached hydrogens (tertiary/aromatic N) is 2. The van der Waals surface area contributed by atoms with Crippen molar-refractivity contribution >= 4 is 12.2 Å². The Morgan fingerprint density at radius 1 is 0.708 bits per heavy atom. The summed E-state index contributed by atoms with van der Waals surface area (Å²) in [6.07, 6.45) is 10.5. The summed E-state index contributed by atoms with van der Waals surface area (Å²) in [5.41, 5.74) is 3.81. The topological polar surface area (TPSA) is 52.1 Å². The van der Waals surface area contributed by atoms with Gasteiger partial charge in [-0.25, -0.2) is 9.97 Å². The molecule has 0 aliphatic rings. The highest BCUT2D eigenvalue weighted by molar-refractivity contribution is 5.86. The lowest BCUT2D eigenvalue weighted by Gasteiger charge is -2.07. The first-order valence-corrected chi connectivity index (χ1v) is 7.58. The fourth-order valence-electron chi connectivity index (χ4n) is 2.58. The van der Waals surface area contributed by atoms with E-state index in [0.29, 0.717) is 11.8 Å². The molecule has 0 spiro atoms. The predicted octanol–water partition coefficient (Wildman–Crippen LogP) is 5.17. The second kappa shape index (κ2) is 6.38. The molecule has 0 amide bonds. The fourth-order valence-corrected chi connectivity index (χ4v) is 2.58. The van der Waals surface area contributed by atoms with E-state index in [-0.39, 0.29) is 0 Å². The lowest BCUT2D eigenvalue weighted by Crippen LogP contribution is -1.89. The Labute approximate surface area is 139 Å². The van der Waals surface area contributed by atoms with Gasteiger partial charge in [-0.15, -0.1) is 0 Å². The lowest BCUT2D eigenvalue weighted by atomic mass is 9.99. The smallest absolute Gasteiger partial charge is 0.227 e. The number of benzene rings is 2. The summed E-state index contributed by atoms with van der Waals surface area (Å²) in [4.78, 5) is 8.56. The van der Waals surface area contributed by atoms with Gasteiger partial charge in [-0.3, -0.25) is 0 Å².